The van der Waals surface area contributed by atoms with Gasteiger partial charge in [-0.2, -0.15) is 0 Å². The van der Waals surface area contributed by atoms with Crippen LogP contribution in [-0.2, 0) is 4.74 Å². The summed E-state index contributed by atoms with van der Waals surface area (Å²) in [5, 5.41) is 0.142. The molecule has 0 N–H and O–H groups in total. The SMILES string of the molecule is Fc1cc(Br)c(Cl)cc1C(Cl)C1CCOCC1. The van der Waals surface area contributed by atoms with Gasteiger partial charge in [0.05, 0.1) is 10.4 Å². The van der Waals surface area contributed by atoms with E-state index in [1.807, 2.05) is 0 Å². The summed E-state index contributed by atoms with van der Waals surface area (Å²) < 4.78 is 19.7. The number of hydrogen-bond acceptors (Lipinski definition) is 1. The number of rotatable bonds is 2. The van der Waals surface area contributed by atoms with Gasteiger partial charge in [0.25, 0.3) is 0 Å². The van der Waals surface area contributed by atoms with Crippen LogP contribution in [0.1, 0.15) is 23.8 Å². The zero-order valence-corrected chi connectivity index (χ0v) is 12.2. The Kier molecular flexibility index (Phi) is 4.70. The molecule has 1 aliphatic rings. The lowest BCUT2D eigenvalue weighted by molar-refractivity contribution is 0.0648. The third-order valence-electron chi connectivity index (χ3n) is 3.02. The normalized spacial score (nSPS) is 19.3. The van der Waals surface area contributed by atoms with E-state index in [9.17, 15) is 4.39 Å². The zero-order valence-electron chi connectivity index (χ0n) is 9.06. The van der Waals surface area contributed by atoms with Gasteiger partial charge in [-0.15, -0.1) is 11.6 Å². The highest BCUT2D eigenvalue weighted by Crippen LogP contribution is 2.39. The van der Waals surface area contributed by atoms with Gasteiger partial charge in [-0.25, -0.2) is 4.39 Å². The van der Waals surface area contributed by atoms with Crippen LogP contribution in [0.5, 0.6) is 0 Å². The van der Waals surface area contributed by atoms with Crippen molar-refractivity contribution in [2.24, 2.45) is 5.92 Å². The van der Waals surface area contributed by atoms with E-state index >= 15 is 0 Å². The lowest BCUT2D eigenvalue weighted by Gasteiger charge is -2.26. The van der Waals surface area contributed by atoms with Crippen LogP contribution >= 0.6 is 39.1 Å². The molecule has 5 heteroatoms. The Hall–Kier alpha value is 0.170. The quantitative estimate of drug-likeness (QED) is 0.546. The molecule has 1 heterocycles. The van der Waals surface area contributed by atoms with E-state index in [0.29, 0.717) is 28.3 Å². The molecule has 1 atom stereocenters. The average molecular weight is 342 g/mol. The molecule has 17 heavy (non-hydrogen) atoms. The first-order chi connectivity index (χ1) is 8.09. The van der Waals surface area contributed by atoms with Gasteiger partial charge in [-0.05, 0) is 46.8 Å². The highest BCUT2D eigenvalue weighted by molar-refractivity contribution is 9.10. The Bertz CT molecular complexity index is 408. The third kappa shape index (κ3) is 3.14. The fourth-order valence-electron chi connectivity index (χ4n) is 2.01. The van der Waals surface area contributed by atoms with Gasteiger partial charge in [0.15, 0.2) is 0 Å². The smallest absolute Gasteiger partial charge is 0.129 e. The molecular formula is C12H12BrCl2FO. The largest absolute Gasteiger partial charge is 0.381 e. The van der Waals surface area contributed by atoms with E-state index in [1.54, 1.807) is 6.07 Å². The van der Waals surface area contributed by atoms with Crippen molar-refractivity contribution in [3.63, 3.8) is 0 Å². The first-order valence-corrected chi connectivity index (χ1v) is 7.06. The summed E-state index contributed by atoms with van der Waals surface area (Å²) in [6.45, 7) is 1.39. The molecule has 0 bridgehead atoms. The summed E-state index contributed by atoms with van der Waals surface area (Å²) in [7, 11) is 0. The number of ether oxygens (including phenoxy) is 1. The van der Waals surface area contributed by atoms with Crippen molar-refractivity contribution in [1.29, 1.82) is 0 Å². The predicted octanol–water partition coefficient (Wildman–Crippen LogP) is 4.95. The Morgan fingerprint density at radius 1 is 1.35 bits per heavy atom. The van der Waals surface area contributed by atoms with E-state index in [0.717, 1.165) is 12.8 Å². The highest BCUT2D eigenvalue weighted by Gasteiger charge is 2.26. The van der Waals surface area contributed by atoms with Crippen molar-refractivity contribution >= 4 is 39.1 Å². The maximum atomic E-state index is 13.8. The van der Waals surface area contributed by atoms with Crippen LogP contribution in [0.2, 0.25) is 5.02 Å². The second kappa shape index (κ2) is 5.87. The summed E-state index contributed by atoms with van der Waals surface area (Å²) >= 11 is 15.5. The number of hydrogen-bond donors (Lipinski definition) is 0. The molecule has 0 spiro atoms. The molecule has 0 aliphatic carbocycles. The fraction of sp³-hybridized carbons (Fsp3) is 0.500. The maximum Gasteiger partial charge on any atom is 0.129 e. The first-order valence-electron chi connectivity index (χ1n) is 5.46. The summed E-state index contributed by atoms with van der Waals surface area (Å²) in [5.41, 5.74) is 0.478. The summed E-state index contributed by atoms with van der Waals surface area (Å²) in [4.78, 5) is 0. The monoisotopic (exact) mass is 340 g/mol. The first kappa shape index (κ1) is 13.6. The van der Waals surface area contributed by atoms with E-state index in [2.05, 4.69) is 15.9 Å². The zero-order chi connectivity index (χ0) is 12.4. The van der Waals surface area contributed by atoms with Crippen LogP contribution in [0, 0.1) is 11.7 Å². The molecule has 1 aliphatic heterocycles. The van der Waals surface area contributed by atoms with Gasteiger partial charge in [-0.1, -0.05) is 11.6 Å². The van der Waals surface area contributed by atoms with E-state index in [-0.39, 0.29) is 17.1 Å². The molecule has 1 nitrogen and oxygen atoms in total. The molecular weight excluding hydrogens is 330 g/mol. The van der Waals surface area contributed by atoms with E-state index in [1.165, 1.54) is 6.07 Å². The minimum atomic E-state index is -0.343. The van der Waals surface area contributed by atoms with Crippen molar-refractivity contribution in [2.75, 3.05) is 13.2 Å². The Balaban J connectivity index is 2.23. The molecule has 0 saturated carbocycles. The van der Waals surface area contributed by atoms with Crippen molar-refractivity contribution in [1.82, 2.24) is 0 Å². The molecule has 1 aromatic carbocycles. The van der Waals surface area contributed by atoms with E-state index < -0.39 is 0 Å². The predicted molar refractivity (Wildman–Crippen MR) is 71.2 cm³/mol. The second-order valence-electron chi connectivity index (χ2n) is 4.14. The van der Waals surface area contributed by atoms with Gasteiger partial charge >= 0.3 is 0 Å². The number of benzene rings is 1. The molecule has 0 aromatic heterocycles. The van der Waals surface area contributed by atoms with Gasteiger partial charge in [0, 0.05) is 23.2 Å². The van der Waals surface area contributed by atoms with Gasteiger partial charge in [-0.3, -0.25) is 0 Å². The Labute approximate surface area is 118 Å². The minimum absolute atomic E-state index is 0.247. The third-order valence-corrected chi connectivity index (χ3v) is 4.81. The van der Waals surface area contributed by atoms with Crippen LogP contribution in [0.3, 0.4) is 0 Å². The minimum Gasteiger partial charge on any atom is -0.381 e. The van der Waals surface area contributed by atoms with Crippen LogP contribution in [0.4, 0.5) is 4.39 Å². The van der Waals surface area contributed by atoms with Crippen molar-refractivity contribution < 1.29 is 9.13 Å². The van der Waals surface area contributed by atoms with Gasteiger partial charge in [0.1, 0.15) is 5.82 Å². The van der Waals surface area contributed by atoms with Crippen LogP contribution < -0.4 is 0 Å². The maximum absolute atomic E-state index is 13.8. The molecule has 0 radical (unpaired) electrons. The second-order valence-corrected chi connectivity index (χ2v) is 5.87. The number of halogens is 4. The average Bonchev–Trinajstić information content (AvgIpc) is 2.34. The fourth-order valence-corrected chi connectivity index (χ4v) is 2.92. The molecule has 94 valence electrons. The standard InChI is InChI=1S/C12H12BrCl2FO/c13-9-6-11(16)8(5-10(9)14)12(15)7-1-3-17-4-2-7/h5-7,12H,1-4H2. The topological polar surface area (TPSA) is 9.23 Å². The Morgan fingerprint density at radius 2 is 2.00 bits per heavy atom. The van der Waals surface area contributed by atoms with Gasteiger partial charge in [0.2, 0.25) is 0 Å². The van der Waals surface area contributed by atoms with Crippen molar-refractivity contribution in [3.05, 3.63) is 33.0 Å². The number of alkyl halides is 1. The van der Waals surface area contributed by atoms with Crippen LogP contribution in [-0.4, -0.2) is 13.2 Å². The van der Waals surface area contributed by atoms with E-state index in [4.69, 9.17) is 27.9 Å². The molecule has 1 aromatic rings. The molecule has 2 rings (SSSR count). The lowest BCUT2D eigenvalue weighted by Crippen LogP contribution is -2.20. The molecule has 0 amide bonds. The molecule has 1 unspecified atom stereocenters. The van der Waals surface area contributed by atoms with Crippen molar-refractivity contribution in [3.8, 4) is 0 Å². The summed E-state index contributed by atoms with van der Waals surface area (Å²) in [5.74, 6) is -0.0649. The summed E-state index contributed by atoms with van der Waals surface area (Å²) in [6, 6.07) is 2.97. The Morgan fingerprint density at radius 3 is 2.65 bits per heavy atom. The highest BCUT2D eigenvalue weighted by atomic mass is 79.9. The van der Waals surface area contributed by atoms with Crippen LogP contribution in [0.15, 0.2) is 16.6 Å². The lowest BCUT2D eigenvalue weighted by atomic mass is 9.91. The molecule has 1 fully saturated rings. The molecule has 1 saturated heterocycles. The van der Waals surface area contributed by atoms with Crippen molar-refractivity contribution in [2.45, 2.75) is 18.2 Å². The van der Waals surface area contributed by atoms with Crippen LogP contribution in [0.25, 0.3) is 0 Å². The summed E-state index contributed by atoms with van der Waals surface area (Å²) in [6.07, 6.45) is 1.72. The van der Waals surface area contributed by atoms with Gasteiger partial charge < -0.3 is 4.74 Å².